The molecule has 3 aliphatic rings. The maximum Gasteiger partial charge on any atom is 0.225 e. The van der Waals surface area contributed by atoms with Crippen molar-refractivity contribution in [2.24, 2.45) is 0 Å². The van der Waals surface area contributed by atoms with Crippen molar-refractivity contribution >= 4 is 5.91 Å². The van der Waals surface area contributed by atoms with Crippen LogP contribution >= 0.6 is 0 Å². The van der Waals surface area contributed by atoms with Gasteiger partial charge in [-0.25, -0.2) is 0 Å². The SMILES string of the molecule is COCCN1C2CCC1CN(C(=O)CC1(OC)CCC1)C2. The van der Waals surface area contributed by atoms with Gasteiger partial charge in [0.2, 0.25) is 5.91 Å². The van der Waals surface area contributed by atoms with Gasteiger partial charge in [0.05, 0.1) is 18.6 Å². The molecule has 2 atom stereocenters. The number of fused-ring (bicyclic) bond motifs is 2. The Bertz CT molecular complexity index is 364. The van der Waals surface area contributed by atoms with E-state index in [1.807, 2.05) is 0 Å². The molecule has 0 aromatic carbocycles. The Hall–Kier alpha value is -0.650. The van der Waals surface area contributed by atoms with Crippen LogP contribution in [-0.4, -0.2) is 73.9 Å². The van der Waals surface area contributed by atoms with Crippen molar-refractivity contribution in [2.45, 2.75) is 56.2 Å². The maximum atomic E-state index is 12.6. The molecule has 3 fully saturated rings. The summed E-state index contributed by atoms with van der Waals surface area (Å²) in [5, 5.41) is 0. The number of hydrogen-bond acceptors (Lipinski definition) is 4. The Morgan fingerprint density at radius 3 is 2.33 bits per heavy atom. The minimum atomic E-state index is -0.149. The summed E-state index contributed by atoms with van der Waals surface area (Å²) in [4.78, 5) is 17.2. The predicted molar refractivity (Wildman–Crippen MR) is 80.2 cm³/mol. The smallest absolute Gasteiger partial charge is 0.225 e. The van der Waals surface area contributed by atoms with E-state index in [-0.39, 0.29) is 5.60 Å². The number of amides is 1. The molecule has 2 saturated heterocycles. The average Bonchev–Trinajstić information content (AvgIpc) is 2.69. The molecule has 2 bridgehead atoms. The third-order valence-electron chi connectivity index (χ3n) is 5.71. The van der Waals surface area contributed by atoms with Crippen molar-refractivity contribution in [1.29, 1.82) is 0 Å². The first-order valence-electron chi connectivity index (χ1n) is 8.25. The van der Waals surface area contributed by atoms with E-state index in [2.05, 4.69) is 9.80 Å². The molecule has 3 rings (SSSR count). The summed E-state index contributed by atoms with van der Waals surface area (Å²) >= 11 is 0. The van der Waals surface area contributed by atoms with Gasteiger partial charge in [-0.05, 0) is 32.1 Å². The molecular weight excluding hydrogens is 268 g/mol. The van der Waals surface area contributed by atoms with Crippen LogP contribution in [0.1, 0.15) is 38.5 Å². The maximum absolute atomic E-state index is 12.6. The van der Waals surface area contributed by atoms with Crippen molar-refractivity contribution in [3.8, 4) is 0 Å². The molecule has 1 saturated carbocycles. The fraction of sp³-hybridized carbons (Fsp3) is 0.938. The Kier molecular flexibility index (Phi) is 4.52. The summed E-state index contributed by atoms with van der Waals surface area (Å²) in [6.07, 6.45) is 6.27. The Morgan fingerprint density at radius 2 is 1.86 bits per heavy atom. The largest absolute Gasteiger partial charge is 0.383 e. The minimum absolute atomic E-state index is 0.149. The van der Waals surface area contributed by atoms with E-state index < -0.39 is 0 Å². The quantitative estimate of drug-likeness (QED) is 0.740. The molecule has 0 aromatic rings. The second-order valence-electron chi connectivity index (χ2n) is 6.83. The van der Waals surface area contributed by atoms with Gasteiger partial charge in [-0.3, -0.25) is 9.69 Å². The molecule has 5 heteroatoms. The standard InChI is InChI=1S/C16H28N2O3/c1-20-9-8-18-13-4-5-14(18)12-17(11-13)15(19)10-16(21-2)6-3-7-16/h13-14H,3-12H2,1-2H3. The van der Waals surface area contributed by atoms with Crippen molar-refractivity contribution < 1.29 is 14.3 Å². The van der Waals surface area contributed by atoms with Crippen LogP contribution in [0.25, 0.3) is 0 Å². The van der Waals surface area contributed by atoms with Gasteiger partial charge >= 0.3 is 0 Å². The number of hydrogen-bond donors (Lipinski definition) is 0. The number of carbonyl (C=O) groups is 1. The van der Waals surface area contributed by atoms with E-state index >= 15 is 0 Å². The van der Waals surface area contributed by atoms with Gasteiger partial charge in [0, 0.05) is 45.9 Å². The lowest BCUT2D eigenvalue weighted by atomic mass is 9.77. The van der Waals surface area contributed by atoms with Crippen LogP contribution in [0.15, 0.2) is 0 Å². The van der Waals surface area contributed by atoms with Crippen molar-refractivity contribution in [3.63, 3.8) is 0 Å². The minimum Gasteiger partial charge on any atom is -0.383 e. The van der Waals surface area contributed by atoms with E-state index in [0.29, 0.717) is 24.4 Å². The second kappa shape index (κ2) is 6.23. The zero-order chi connectivity index (χ0) is 14.9. The molecule has 1 aliphatic carbocycles. The van der Waals surface area contributed by atoms with Gasteiger partial charge in [0.1, 0.15) is 0 Å². The number of piperazine rings is 1. The summed E-state index contributed by atoms with van der Waals surface area (Å²) in [6, 6.07) is 1.06. The lowest BCUT2D eigenvalue weighted by Gasteiger charge is -2.44. The van der Waals surface area contributed by atoms with Gasteiger partial charge in [-0.2, -0.15) is 0 Å². The van der Waals surface area contributed by atoms with E-state index in [0.717, 1.165) is 39.1 Å². The highest BCUT2D eigenvalue weighted by Crippen LogP contribution is 2.39. The summed E-state index contributed by atoms with van der Waals surface area (Å²) in [5.74, 6) is 0.292. The number of carbonyl (C=O) groups excluding carboxylic acids is 1. The molecule has 21 heavy (non-hydrogen) atoms. The normalized spacial score (nSPS) is 31.2. The van der Waals surface area contributed by atoms with Crippen LogP contribution in [0.2, 0.25) is 0 Å². The molecule has 5 nitrogen and oxygen atoms in total. The molecule has 2 aliphatic heterocycles. The van der Waals surface area contributed by atoms with Crippen molar-refractivity contribution in [1.82, 2.24) is 9.80 Å². The lowest BCUT2D eigenvalue weighted by Crippen LogP contribution is -2.57. The van der Waals surface area contributed by atoms with Gasteiger partial charge in [0.15, 0.2) is 0 Å². The molecule has 2 heterocycles. The molecule has 0 radical (unpaired) electrons. The van der Waals surface area contributed by atoms with E-state index in [9.17, 15) is 4.79 Å². The van der Waals surface area contributed by atoms with E-state index in [1.165, 1.54) is 19.3 Å². The van der Waals surface area contributed by atoms with Crippen molar-refractivity contribution in [2.75, 3.05) is 40.5 Å². The molecule has 120 valence electrons. The Labute approximate surface area is 127 Å². The summed E-state index contributed by atoms with van der Waals surface area (Å²) in [6.45, 7) is 3.56. The first-order chi connectivity index (χ1) is 10.2. The lowest BCUT2D eigenvalue weighted by molar-refractivity contribution is -0.147. The summed E-state index contributed by atoms with van der Waals surface area (Å²) < 4.78 is 10.8. The fourth-order valence-electron chi connectivity index (χ4n) is 4.17. The topological polar surface area (TPSA) is 42.0 Å². The van der Waals surface area contributed by atoms with Crippen LogP contribution < -0.4 is 0 Å². The van der Waals surface area contributed by atoms with Gasteiger partial charge < -0.3 is 14.4 Å². The summed E-state index contributed by atoms with van der Waals surface area (Å²) in [7, 11) is 3.50. The molecular formula is C16H28N2O3. The second-order valence-corrected chi connectivity index (χ2v) is 6.83. The first-order valence-corrected chi connectivity index (χ1v) is 8.25. The van der Waals surface area contributed by atoms with Gasteiger partial charge in [-0.15, -0.1) is 0 Å². The highest BCUT2D eigenvalue weighted by molar-refractivity contribution is 5.77. The number of rotatable bonds is 6. The summed E-state index contributed by atoms with van der Waals surface area (Å²) in [5.41, 5.74) is -0.149. The molecule has 2 unspecified atom stereocenters. The van der Waals surface area contributed by atoms with Crippen LogP contribution in [0.3, 0.4) is 0 Å². The van der Waals surface area contributed by atoms with Crippen LogP contribution in [0, 0.1) is 0 Å². The fourth-order valence-corrected chi connectivity index (χ4v) is 4.17. The molecule has 0 aromatic heterocycles. The van der Waals surface area contributed by atoms with Crippen LogP contribution in [0.5, 0.6) is 0 Å². The Balaban J connectivity index is 1.55. The number of ether oxygens (including phenoxy) is 2. The number of likely N-dealkylation sites (tertiary alicyclic amines) is 1. The van der Waals surface area contributed by atoms with Crippen LogP contribution in [0.4, 0.5) is 0 Å². The highest BCUT2D eigenvalue weighted by Gasteiger charge is 2.44. The van der Waals surface area contributed by atoms with Gasteiger partial charge in [0.25, 0.3) is 0 Å². The zero-order valence-electron chi connectivity index (χ0n) is 13.3. The first kappa shape index (κ1) is 15.3. The average molecular weight is 296 g/mol. The zero-order valence-corrected chi connectivity index (χ0v) is 13.3. The Morgan fingerprint density at radius 1 is 1.19 bits per heavy atom. The predicted octanol–water partition coefficient (Wildman–Crippen LogP) is 1.27. The van der Waals surface area contributed by atoms with Crippen LogP contribution in [-0.2, 0) is 14.3 Å². The molecule has 1 amide bonds. The third-order valence-corrected chi connectivity index (χ3v) is 5.71. The third kappa shape index (κ3) is 2.96. The molecule has 0 N–H and O–H groups in total. The van der Waals surface area contributed by atoms with Crippen molar-refractivity contribution in [3.05, 3.63) is 0 Å². The highest BCUT2D eigenvalue weighted by atomic mass is 16.5. The van der Waals surface area contributed by atoms with E-state index in [4.69, 9.17) is 9.47 Å². The monoisotopic (exact) mass is 296 g/mol. The van der Waals surface area contributed by atoms with Gasteiger partial charge in [-0.1, -0.05) is 0 Å². The number of nitrogens with zero attached hydrogens (tertiary/aromatic N) is 2. The molecule has 0 spiro atoms. The number of methoxy groups -OCH3 is 2. The van der Waals surface area contributed by atoms with E-state index in [1.54, 1.807) is 14.2 Å².